The summed E-state index contributed by atoms with van der Waals surface area (Å²) in [6.45, 7) is 24.5. The summed E-state index contributed by atoms with van der Waals surface area (Å²) in [6.07, 6.45) is 31.8. The normalized spacial score (nSPS) is 17.5. The minimum absolute atomic E-state index is 0.875. The molecule has 0 heteroatoms. The molecule has 0 nitrogen and oxygen atoms in total. The summed E-state index contributed by atoms with van der Waals surface area (Å²) in [6, 6.07) is 0. The van der Waals surface area contributed by atoms with Crippen LogP contribution in [-0.4, -0.2) is 0 Å². The lowest BCUT2D eigenvalue weighted by Gasteiger charge is -2.18. The van der Waals surface area contributed by atoms with Gasteiger partial charge in [-0.1, -0.05) is 210 Å². The molecular weight excluding hydrogens is 480 g/mol. The van der Waals surface area contributed by atoms with Crippen LogP contribution >= 0.6 is 0 Å². The average molecular weight is 563 g/mol. The van der Waals surface area contributed by atoms with Crippen molar-refractivity contribution in [1.29, 1.82) is 0 Å². The molecule has 0 heterocycles. The molecule has 7 atom stereocenters. The van der Waals surface area contributed by atoms with Gasteiger partial charge in [0, 0.05) is 0 Å². The van der Waals surface area contributed by atoms with E-state index in [-0.39, 0.29) is 0 Å². The fourth-order valence-corrected chi connectivity index (χ4v) is 6.83. The smallest absolute Gasteiger partial charge is 0.0443 e. The molecule has 0 aromatic carbocycles. The third-order valence-corrected chi connectivity index (χ3v) is 10.5. The largest absolute Gasteiger partial charge is 0.0651 e. The Labute approximate surface area is 257 Å². The van der Waals surface area contributed by atoms with Crippen molar-refractivity contribution < 1.29 is 0 Å². The van der Waals surface area contributed by atoms with Crippen molar-refractivity contribution in [2.24, 2.45) is 47.3 Å². The minimum atomic E-state index is 0.875. The fourth-order valence-electron chi connectivity index (χ4n) is 6.83. The van der Waals surface area contributed by atoms with Gasteiger partial charge in [0.15, 0.2) is 0 Å². The lowest BCUT2D eigenvalue weighted by Crippen LogP contribution is -2.03. The highest BCUT2D eigenvalue weighted by atomic mass is 14.2. The van der Waals surface area contributed by atoms with Gasteiger partial charge in [0.25, 0.3) is 0 Å². The molecule has 0 rings (SSSR count). The fraction of sp³-hybridized carbons (Fsp3) is 1.00. The Morgan fingerprint density at radius 2 is 0.425 bits per heavy atom. The van der Waals surface area contributed by atoms with E-state index in [1.54, 1.807) is 0 Å². The number of hydrogen-bond donors (Lipinski definition) is 0. The van der Waals surface area contributed by atoms with Gasteiger partial charge in [-0.25, -0.2) is 0 Å². The van der Waals surface area contributed by atoms with Crippen LogP contribution in [0.3, 0.4) is 0 Å². The van der Waals surface area contributed by atoms with E-state index in [9.17, 15) is 0 Å². The molecule has 0 radical (unpaired) electrons. The molecule has 242 valence electrons. The first-order chi connectivity index (χ1) is 19.0. The van der Waals surface area contributed by atoms with E-state index in [2.05, 4.69) is 69.2 Å². The molecule has 0 N–H and O–H groups in total. The Kier molecular flexibility index (Phi) is 26.6. The Bertz CT molecular complexity index is 506. The second kappa shape index (κ2) is 26.6. The van der Waals surface area contributed by atoms with Crippen molar-refractivity contribution in [3.05, 3.63) is 0 Å². The van der Waals surface area contributed by atoms with Crippen LogP contribution in [0.1, 0.15) is 210 Å². The first kappa shape index (κ1) is 40.0. The molecule has 0 aliphatic carbocycles. The predicted molar refractivity (Wildman–Crippen MR) is 186 cm³/mol. The van der Waals surface area contributed by atoms with Crippen LogP contribution in [0.25, 0.3) is 0 Å². The molecule has 0 saturated carbocycles. The van der Waals surface area contributed by atoms with Crippen molar-refractivity contribution in [2.75, 3.05) is 0 Å². The molecule has 0 saturated heterocycles. The second-order valence-electron chi connectivity index (χ2n) is 16.1. The minimum Gasteiger partial charge on any atom is -0.0651 e. The summed E-state index contributed by atoms with van der Waals surface area (Å²) in [5.74, 6) is 7.39. The lowest BCUT2D eigenvalue weighted by molar-refractivity contribution is 0.355. The summed E-state index contributed by atoms with van der Waals surface area (Å²) in [4.78, 5) is 0. The van der Waals surface area contributed by atoms with Gasteiger partial charge in [0.2, 0.25) is 0 Å². The van der Waals surface area contributed by atoms with Crippen molar-refractivity contribution in [1.82, 2.24) is 0 Å². The second-order valence-corrected chi connectivity index (χ2v) is 16.1. The van der Waals surface area contributed by atoms with Crippen molar-refractivity contribution >= 4 is 0 Å². The van der Waals surface area contributed by atoms with Gasteiger partial charge in [-0.3, -0.25) is 0 Å². The van der Waals surface area contributed by atoms with Crippen LogP contribution in [0.15, 0.2) is 0 Å². The van der Waals surface area contributed by atoms with Crippen LogP contribution in [0.4, 0.5) is 0 Å². The summed E-state index contributed by atoms with van der Waals surface area (Å²) >= 11 is 0. The van der Waals surface area contributed by atoms with Gasteiger partial charge in [0.1, 0.15) is 0 Å². The van der Waals surface area contributed by atoms with E-state index in [1.807, 2.05) is 0 Å². The molecule has 0 bridgehead atoms. The Morgan fingerprint density at radius 3 is 0.600 bits per heavy atom. The van der Waals surface area contributed by atoms with Crippen LogP contribution in [0.5, 0.6) is 0 Å². The topological polar surface area (TPSA) is 0 Å². The number of rotatable bonds is 29. The van der Waals surface area contributed by atoms with Gasteiger partial charge < -0.3 is 0 Å². The third kappa shape index (κ3) is 26.9. The van der Waals surface area contributed by atoms with Crippen LogP contribution in [0.2, 0.25) is 0 Å². The van der Waals surface area contributed by atoms with Crippen LogP contribution in [0, 0.1) is 47.3 Å². The van der Waals surface area contributed by atoms with Crippen molar-refractivity contribution in [3.8, 4) is 0 Å². The molecule has 7 unspecified atom stereocenters. The Hall–Kier alpha value is 0. The van der Waals surface area contributed by atoms with E-state index in [0.717, 1.165) is 47.3 Å². The SMILES string of the molecule is CCC(C)CCCC(C)CCCC(C)CCCC(C)CCCC(C)CCCC(C)CCCC(C)CCCC(C)C. The Morgan fingerprint density at radius 1 is 0.250 bits per heavy atom. The van der Waals surface area contributed by atoms with E-state index in [4.69, 9.17) is 0 Å². The van der Waals surface area contributed by atoms with E-state index >= 15 is 0 Å². The molecule has 0 aromatic rings. The summed E-state index contributed by atoms with van der Waals surface area (Å²) in [7, 11) is 0. The summed E-state index contributed by atoms with van der Waals surface area (Å²) in [5.41, 5.74) is 0. The quantitative estimate of drug-likeness (QED) is 0.0850. The zero-order chi connectivity index (χ0) is 30.2. The van der Waals surface area contributed by atoms with Gasteiger partial charge in [-0.2, -0.15) is 0 Å². The summed E-state index contributed by atoms with van der Waals surface area (Å²) < 4.78 is 0. The van der Waals surface area contributed by atoms with E-state index < -0.39 is 0 Å². The van der Waals surface area contributed by atoms with Crippen LogP contribution < -0.4 is 0 Å². The average Bonchev–Trinajstić information content (AvgIpc) is 2.88. The molecule has 0 spiro atoms. The molecular formula is C40H82. The molecule has 0 aliphatic heterocycles. The molecule has 0 aliphatic rings. The van der Waals surface area contributed by atoms with Gasteiger partial charge in [-0.05, 0) is 47.3 Å². The van der Waals surface area contributed by atoms with Crippen molar-refractivity contribution in [3.63, 3.8) is 0 Å². The molecule has 0 fully saturated rings. The first-order valence-electron chi connectivity index (χ1n) is 19.0. The summed E-state index contributed by atoms with van der Waals surface area (Å²) in [5, 5.41) is 0. The Balaban J connectivity index is 3.66. The number of hydrogen-bond acceptors (Lipinski definition) is 0. The maximum atomic E-state index is 2.52. The van der Waals surface area contributed by atoms with Gasteiger partial charge in [0.05, 0.1) is 0 Å². The maximum absolute atomic E-state index is 2.52. The van der Waals surface area contributed by atoms with E-state index in [0.29, 0.717) is 0 Å². The maximum Gasteiger partial charge on any atom is -0.0443 e. The zero-order valence-corrected chi connectivity index (χ0v) is 30.2. The zero-order valence-electron chi connectivity index (χ0n) is 30.2. The third-order valence-electron chi connectivity index (χ3n) is 10.5. The van der Waals surface area contributed by atoms with Crippen molar-refractivity contribution in [2.45, 2.75) is 210 Å². The van der Waals surface area contributed by atoms with Gasteiger partial charge >= 0.3 is 0 Å². The monoisotopic (exact) mass is 563 g/mol. The first-order valence-corrected chi connectivity index (χ1v) is 19.0. The van der Waals surface area contributed by atoms with Gasteiger partial charge in [-0.15, -0.1) is 0 Å². The highest BCUT2D eigenvalue weighted by molar-refractivity contribution is 4.64. The molecule has 0 aromatic heterocycles. The predicted octanol–water partition coefficient (Wildman–Crippen LogP) is 14.7. The molecule has 0 amide bonds. The highest BCUT2D eigenvalue weighted by Gasteiger charge is 2.11. The lowest BCUT2D eigenvalue weighted by atomic mass is 9.88. The highest BCUT2D eigenvalue weighted by Crippen LogP contribution is 2.26. The van der Waals surface area contributed by atoms with Crippen LogP contribution in [-0.2, 0) is 0 Å². The van der Waals surface area contributed by atoms with E-state index in [1.165, 1.54) is 141 Å². The standard InChI is InChI=1S/C40H82/c1-11-34(4)20-13-22-36(6)24-15-26-38(8)28-17-30-40(10)32-18-31-39(9)29-16-27-37(7)25-14-23-35(5)21-12-19-33(2)3/h33-40H,11-32H2,1-10H3. The molecule has 40 heavy (non-hydrogen) atoms.